The van der Waals surface area contributed by atoms with Gasteiger partial charge in [-0.15, -0.1) is 0 Å². The lowest BCUT2D eigenvalue weighted by atomic mass is 9.96. The molecule has 1 heterocycles. The first kappa shape index (κ1) is 21.5. The highest BCUT2D eigenvalue weighted by Crippen LogP contribution is 2.40. The van der Waals surface area contributed by atoms with Gasteiger partial charge >= 0.3 is 0 Å². The highest BCUT2D eigenvalue weighted by Gasteiger charge is 2.27. The van der Waals surface area contributed by atoms with Crippen molar-refractivity contribution in [2.75, 3.05) is 0 Å². The van der Waals surface area contributed by atoms with E-state index in [4.69, 9.17) is 9.47 Å². The molecule has 3 aromatic rings. The second-order valence-electron chi connectivity index (χ2n) is 8.48. The molecule has 1 amide bonds. The minimum atomic E-state index is -1.49. The van der Waals surface area contributed by atoms with E-state index in [0.717, 1.165) is 29.9 Å². The SMILES string of the molecule is CC(C)Oc1ccc(-c2cccc3c2CC[C@H]3Oc2ccc(C3=CC(=O)NS3=O)cc2)cc1. The van der Waals surface area contributed by atoms with Crippen LogP contribution in [0.15, 0.2) is 72.8 Å². The quantitative estimate of drug-likeness (QED) is 0.540. The van der Waals surface area contributed by atoms with Gasteiger partial charge in [0, 0.05) is 6.08 Å². The molecule has 168 valence electrons. The number of carbonyl (C=O) groups is 1. The Balaban J connectivity index is 1.34. The van der Waals surface area contributed by atoms with E-state index in [0.29, 0.717) is 4.91 Å². The Hall–Kier alpha value is -3.38. The van der Waals surface area contributed by atoms with Crippen LogP contribution in [-0.2, 0) is 22.2 Å². The number of benzene rings is 3. The maximum atomic E-state index is 12.0. The Morgan fingerprint density at radius 1 is 0.939 bits per heavy atom. The highest BCUT2D eigenvalue weighted by atomic mass is 32.2. The second-order valence-corrected chi connectivity index (χ2v) is 9.66. The van der Waals surface area contributed by atoms with Crippen LogP contribution in [0.3, 0.4) is 0 Å². The van der Waals surface area contributed by atoms with Crippen LogP contribution in [0.2, 0.25) is 0 Å². The molecule has 1 aliphatic heterocycles. The summed E-state index contributed by atoms with van der Waals surface area (Å²) in [5.41, 5.74) is 5.70. The van der Waals surface area contributed by atoms with E-state index in [1.54, 1.807) is 0 Å². The summed E-state index contributed by atoms with van der Waals surface area (Å²) in [6.45, 7) is 4.05. The second kappa shape index (κ2) is 8.87. The Bertz CT molecular complexity index is 1250. The van der Waals surface area contributed by atoms with Crippen molar-refractivity contribution in [1.82, 2.24) is 4.72 Å². The van der Waals surface area contributed by atoms with Crippen molar-refractivity contribution < 1.29 is 18.5 Å². The Labute approximate surface area is 196 Å². The van der Waals surface area contributed by atoms with E-state index in [9.17, 15) is 9.00 Å². The fourth-order valence-electron chi connectivity index (χ4n) is 4.40. The molecular weight excluding hydrogens is 434 g/mol. The number of hydrogen-bond donors (Lipinski definition) is 1. The minimum absolute atomic E-state index is 0.0163. The monoisotopic (exact) mass is 459 g/mol. The van der Waals surface area contributed by atoms with Gasteiger partial charge < -0.3 is 9.47 Å². The predicted molar refractivity (Wildman–Crippen MR) is 130 cm³/mol. The van der Waals surface area contributed by atoms with Gasteiger partial charge in [0.1, 0.15) is 17.6 Å². The molecule has 0 fully saturated rings. The number of rotatable bonds is 6. The van der Waals surface area contributed by atoms with E-state index in [2.05, 4.69) is 35.1 Å². The summed E-state index contributed by atoms with van der Waals surface area (Å²) in [4.78, 5) is 11.9. The van der Waals surface area contributed by atoms with Crippen LogP contribution in [0.25, 0.3) is 16.0 Å². The minimum Gasteiger partial charge on any atom is -0.491 e. The van der Waals surface area contributed by atoms with Gasteiger partial charge in [-0.05, 0) is 78.8 Å². The van der Waals surface area contributed by atoms with Crippen molar-refractivity contribution >= 4 is 21.8 Å². The third kappa shape index (κ3) is 4.44. The molecule has 3 aromatic carbocycles. The summed E-state index contributed by atoms with van der Waals surface area (Å²) in [5, 5.41) is 0. The highest BCUT2D eigenvalue weighted by molar-refractivity contribution is 7.93. The number of nitrogens with one attached hydrogen (secondary N) is 1. The van der Waals surface area contributed by atoms with Crippen LogP contribution in [-0.4, -0.2) is 16.2 Å². The van der Waals surface area contributed by atoms with Crippen LogP contribution >= 0.6 is 0 Å². The summed E-state index contributed by atoms with van der Waals surface area (Å²) in [6, 6.07) is 22.1. The fraction of sp³-hybridized carbons (Fsp3) is 0.222. The van der Waals surface area contributed by atoms with Gasteiger partial charge in [0.2, 0.25) is 0 Å². The van der Waals surface area contributed by atoms with E-state index in [-0.39, 0.29) is 18.1 Å². The molecule has 0 saturated carbocycles. The molecule has 1 aliphatic carbocycles. The Morgan fingerprint density at radius 2 is 1.64 bits per heavy atom. The molecular formula is C27H25NO4S. The van der Waals surface area contributed by atoms with Gasteiger partial charge in [0.25, 0.3) is 5.91 Å². The number of hydrogen-bond acceptors (Lipinski definition) is 4. The zero-order valence-corrected chi connectivity index (χ0v) is 19.4. The molecule has 5 nitrogen and oxygen atoms in total. The number of ether oxygens (including phenoxy) is 2. The van der Waals surface area contributed by atoms with E-state index in [1.807, 2.05) is 50.2 Å². The molecule has 0 aromatic heterocycles. The van der Waals surface area contributed by atoms with E-state index >= 15 is 0 Å². The van der Waals surface area contributed by atoms with Gasteiger partial charge in [-0.2, -0.15) is 0 Å². The molecule has 2 atom stereocenters. The summed E-state index contributed by atoms with van der Waals surface area (Å²) >= 11 is 0. The standard InChI is InChI=1S/C27H25NO4S/c1-17(2)31-20-10-6-18(7-11-20)22-4-3-5-24-23(22)14-15-25(24)32-21-12-8-19(9-13-21)26-16-27(29)28-33(26)30/h3-13,16-17,25H,14-15H2,1-2H3,(H,28,29)/t25-,33?/m1/s1. The lowest BCUT2D eigenvalue weighted by Crippen LogP contribution is -2.16. The molecule has 0 bridgehead atoms. The average molecular weight is 460 g/mol. The lowest BCUT2D eigenvalue weighted by Gasteiger charge is -2.16. The largest absolute Gasteiger partial charge is 0.491 e. The van der Waals surface area contributed by atoms with Crippen molar-refractivity contribution in [2.24, 2.45) is 0 Å². The van der Waals surface area contributed by atoms with E-state index < -0.39 is 11.0 Å². The first-order chi connectivity index (χ1) is 16.0. The van der Waals surface area contributed by atoms with Crippen molar-refractivity contribution in [3.8, 4) is 22.6 Å². The summed E-state index contributed by atoms with van der Waals surface area (Å²) in [5.74, 6) is 1.30. The molecule has 1 N–H and O–H groups in total. The molecule has 6 heteroatoms. The molecule has 0 saturated heterocycles. The Kier molecular flexibility index (Phi) is 5.77. The van der Waals surface area contributed by atoms with Gasteiger partial charge in [-0.3, -0.25) is 9.52 Å². The molecule has 33 heavy (non-hydrogen) atoms. The summed E-state index contributed by atoms with van der Waals surface area (Å²) in [6.07, 6.45) is 3.38. The average Bonchev–Trinajstić information content (AvgIpc) is 3.36. The van der Waals surface area contributed by atoms with Gasteiger partial charge in [-0.25, -0.2) is 4.21 Å². The third-order valence-electron chi connectivity index (χ3n) is 5.83. The van der Waals surface area contributed by atoms with Crippen LogP contribution in [0.5, 0.6) is 11.5 Å². The van der Waals surface area contributed by atoms with Crippen LogP contribution in [0.1, 0.15) is 43.1 Å². The lowest BCUT2D eigenvalue weighted by molar-refractivity contribution is -0.114. The van der Waals surface area contributed by atoms with Crippen molar-refractivity contribution in [1.29, 1.82) is 0 Å². The van der Waals surface area contributed by atoms with Gasteiger partial charge in [0.05, 0.1) is 11.0 Å². The van der Waals surface area contributed by atoms with Gasteiger partial charge in [-0.1, -0.05) is 42.5 Å². The number of carbonyl (C=O) groups excluding carboxylic acids is 1. The molecule has 1 unspecified atom stereocenters. The Morgan fingerprint density at radius 3 is 2.30 bits per heavy atom. The first-order valence-electron chi connectivity index (χ1n) is 11.1. The molecule has 0 radical (unpaired) electrons. The zero-order chi connectivity index (χ0) is 22.9. The maximum absolute atomic E-state index is 12.0. The fourth-order valence-corrected chi connectivity index (χ4v) is 5.31. The molecule has 0 spiro atoms. The van der Waals surface area contributed by atoms with Crippen LogP contribution in [0, 0.1) is 0 Å². The van der Waals surface area contributed by atoms with Crippen molar-refractivity contribution in [2.45, 2.75) is 38.9 Å². The maximum Gasteiger partial charge on any atom is 0.257 e. The number of fused-ring (bicyclic) bond motifs is 1. The smallest absolute Gasteiger partial charge is 0.257 e. The van der Waals surface area contributed by atoms with Gasteiger partial charge in [0.15, 0.2) is 11.0 Å². The summed E-state index contributed by atoms with van der Waals surface area (Å²) in [7, 11) is -1.49. The van der Waals surface area contributed by atoms with Crippen LogP contribution in [0.4, 0.5) is 0 Å². The van der Waals surface area contributed by atoms with Crippen molar-refractivity contribution in [3.05, 3.63) is 89.5 Å². The molecule has 5 rings (SSSR count). The van der Waals surface area contributed by atoms with Crippen LogP contribution < -0.4 is 14.2 Å². The third-order valence-corrected chi connectivity index (χ3v) is 6.96. The topological polar surface area (TPSA) is 64.6 Å². The zero-order valence-electron chi connectivity index (χ0n) is 18.5. The number of amides is 1. The normalized spacial score (nSPS) is 19.2. The summed E-state index contributed by atoms with van der Waals surface area (Å²) < 4.78 is 26.5. The first-order valence-corrected chi connectivity index (χ1v) is 12.2. The molecule has 2 aliphatic rings. The van der Waals surface area contributed by atoms with Crippen molar-refractivity contribution in [3.63, 3.8) is 0 Å². The predicted octanol–water partition coefficient (Wildman–Crippen LogP) is 5.34. The van der Waals surface area contributed by atoms with E-state index in [1.165, 1.54) is 28.3 Å².